The van der Waals surface area contributed by atoms with Gasteiger partial charge < -0.3 is 5.11 Å². The zero-order valence-corrected chi connectivity index (χ0v) is 7.43. The number of aliphatic hydroxyl groups is 1. The summed E-state index contributed by atoms with van der Waals surface area (Å²) >= 11 is 0. The Bertz CT molecular complexity index is 163. The Morgan fingerprint density at radius 1 is 1.42 bits per heavy atom. The Kier molecular flexibility index (Phi) is 2.68. The molecule has 1 fully saturated rings. The van der Waals surface area contributed by atoms with Crippen molar-refractivity contribution in [2.75, 3.05) is 13.1 Å². The topological polar surface area (TPSA) is 23.5 Å². The van der Waals surface area contributed by atoms with Crippen molar-refractivity contribution in [1.82, 2.24) is 4.90 Å². The number of halogens is 2. The third-order valence-corrected chi connectivity index (χ3v) is 2.45. The molecule has 2 nitrogen and oxygen atoms in total. The maximum Gasteiger partial charge on any atom is 0.268 e. The summed E-state index contributed by atoms with van der Waals surface area (Å²) in [7, 11) is 0. The zero-order valence-electron chi connectivity index (χ0n) is 7.43. The minimum Gasteiger partial charge on any atom is -0.383 e. The average molecular weight is 179 g/mol. The van der Waals surface area contributed by atoms with E-state index in [9.17, 15) is 13.9 Å². The first-order chi connectivity index (χ1) is 5.46. The SMILES string of the molecule is CC(C)N1CCC(O)(C(F)F)C1. The zero-order chi connectivity index (χ0) is 9.35. The van der Waals surface area contributed by atoms with Crippen LogP contribution in [-0.4, -0.2) is 41.2 Å². The molecule has 0 spiro atoms. The lowest BCUT2D eigenvalue weighted by Crippen LogP contribution is -2.41. The fourth-order valence-electron chi connectivity index (χ4n) is 1.47. The van der Waals surface area contributed by atoms with Crippen molar-refractivity contribution in [1.29, 1.82) is 0 Å². The van der Waals surface area contributed by atoms with Crippen LogP contribution >= 0.6 is 0 Å². The molecule has 1 rings (SSSR count). The molecule has 1 aliphatic heterocycles. The summed E-state index contributed by atoms with van der Waals surface area (Å²) in [6.07, 6.45) is -2.44. The van der Waals surface area contributed by atoms with Crippen LogP contribution in [0, 0.1) is 0 Å². The normalized spacial score (nSPS) is 32.2. The van der Waals surface area contributed by atoms with E-state index < -0.39 is 12.0 Å². The second kappa shape index (κ2) is 3.26. The molecule has 0 radical (unpaired) electrons. The van der Waals surface area contributed by atoms with Gasteiger partial charge in [-0.25, -0.2) is 8.78 Å². The number of rotatable bonds is 2. The van der Waals surface area contributed by atoms with Crippen LogP contribution in [0.2, 0.25) is 0 Å². The van der Waals surface area contributed by atoms with E-state index in [0.717, 1.165) is 0 Å². The predicted octanol–water partition coefficient (Wildman–Crippen LogP) is 1.10. The van der Waals surface area contributed by atoms with Gasteiger partial charge in [0.25, 0.3) is 6.43 Å². The molecule has 0 aromatic carbocycles. The largest absolute Gasteiger partial charge is 0.383 e. The standard InChI is InChI=1S/C8H15F2NO/c1-6(2)11-4-3-8(12,5-11)7(9)10/h6-7,12H,3-5H2,1-2H3. The van der Waals surface area contributed by atoms with E-state index in [0.29, 0.717) is 6.54 Å². The molecule has 1 atom stereocenters. The van der Waals surface area contributed by atoms with Crippen LogP contribution in [0.25, 0.3) is 0 Å². The first kappa shape index (κ1) is 9.86. The van der Waals surface area contributed by atoms with Gasteiger partial charge in [-0.1, -0.05) is 0 Å². The van der Waals surface area contributed by atoms with Crippen LogP contribution in [0.1, 0.15) is 20.3 Å². The average Bonchev–Trinajstić information content (AvgIpc) is 2.33. The van der Waals surface area contributed by atoms with Crippen molar-refractivity contribution >= 4 is 0 Å². The summed E-state index contributed by atoms with van der Waals surface area (Å²) in [5, 5.41) is 9.40. The van der Waals surface area contributed by atoms with E-state index in [1.54, 1.807) is 0 Å². The molecule has 12 heavy (non-hydrogen) atoms. The third-order valence-electron chi connectivity index (χ3n) is 2.45. The molecule has 1 unspecified atom stereocenters. The van der Waals surface area contributed by atoms with E-state index in [-0.39, 0.29) is 19.0 Å². The van der Waals surface area contributed by atoms with E-state index in [1.807, 2.05) is 18.7 Å². The second-order valence-electron chi connectivity index (χ2n) is 3.72. The van der Waals surface area contributed by atoms with Crippen molar-refractivity contribution in [2.45, 2.75) is 38.3 Å². The fourth-order valence-corrected chi connectivity index (χ4v) is 1.47. The minimum absolute atomic E-state index is 0.0995. The minimum atomic E-state index is -2.62. The molecule has 72 valence electrons. The van der Waals surface area contributed by atoms with Gasteiger partial charge in [0.2, 0.25) is 0 Å². The lowest BCUT2D eigenvalue weighted by Gasteiger charge is -2.24. The van der Waals surface area contributed by atoms with Crippen LogP contribution < -0.4 is 0 Å². The smallest absolute Gasteiger partial charge is 0.268 e. The molecule has 0 bridgehead atoms. The summed E-state index contributed by atoms with van der Waals surface area (Å²) in [5.41, 5.74) is -1.76. The molecule has 1 aliphatic rings. The van der Waals surface area contributed by atoms with Gasteiger partial charge in [-0.3, -0.25) is 4.90 Å². The molecule has 0 saturated carbocycles. The first-order valence-corrected chi connectivity index (χ1v) is 4.20. The maximum atomic E-state index is 12.3. The number of alkyl halides is 2. The van der Waals surface area contributed by atoms with E-state index >= 15 is 0 Å². The lowest BCUT2D eigenvalue weighted by molar-refractivity contribution is -0.0880. The summed E-state index contributed by atoms with van der Waals surface area (Å²) in [5.74, 6) is 0. The molecule has 1 saturated heterocycles. The molecule has 0 amide bonds. The van der Waals surface area contributed by atoms with Crippen molar-refractivity contribution in [3.8, 4) is 0 Å². The van der Waals surface area contributed by atoms with Gasteiger partial charge in [0.05, 0.1) is 0 Å². The van der Waals surface area contributed by atoms with Crippen molar-refractivity contribution < 1.29 is 13.9 Å². The van der Waals surface area contributed by atoms with Crippen molar-refractivity contribution in [3.63, 3.8) is 0 Å². The fraction of sp³-hybridized carbons (Fsp3) is 1.00. The summed E-state index contributed by atoms with van der Waals surface area (Å²) in [4.78, 5) is 1.87. The van der Waals surface area contributed by atoms with E-state index in [1.165, 1.54) is 0 Å². The van der Waals surface area contributed by atoms with Gasteiger partial charge in [-0.05, 0) is 20.3 Å². The van der Waals surface area contributed by atoms with Crippen LogP contribution in [-0.2, 0) is 0 Å². The molecule has 0 aromatic heterocycles. The van der Waals surface area contributed by atoms with Crippen molar-refractivity contribution in [3.05, 3.63) is 0 Å². The molecule has 1 N–H and O–H groups in total. The van der Waals surface area contributed by atoms with E-state index in [4.69, 9.17) is 0 Å². The Labute approximate surface area is 71.2 Å². The Balaban J connectivity index is 2.55. The lowest BCUT2D eigenvalue weighted by atomic mass is 10.1. The van der Waals surface area contributed by atoms with Crippen LogP contribution in [0.3, 0.4) is 0 Å². The van der Waals surface area contributed by atoms with Gasteiger partial charge in [0.15, 0.2) is 0 Å². The molecule has 0 aromatic rings. The number of hydrogen-bond acceptors (Lipinski definition) is 2. The Morgan fingerprint density at radius 3 is 2.25 bits per heavy atom. The Hall–Kier alpha value is -0.220. The van der Waals surface area contributed by atoms with E-state index in [2.05, 4.69) is 0 Å². The molecule has 1 heterocycles. The van der Waals surface area contributed by atoms with Gasteiger partial charge in [0, 0.05) is 19.1 Å². The highest BCUT2D eigenvalue weighted by molar-refractivity contribution is 4.93. The summed E-state index contributed by atoms with van der Waals surface area (Å²) in [6, 6.07) is 0.234. The second-order valence-corrected chi connectivity index (χ2v) is 3.72. The molecular weight excluding hydrogens is 164 g/mol. The van der Waals surface area contributed by atoms with Gasteiger partial charge in [-0.15, -0.1) is 0 Å². The maximum absolute atomic E-state index is 12.3. The highest BCUT2D eigenvalue weighted by Crippen LogP contribution is 2.28. The van der Waals surface area contributed by atoms with Gasteiger partial charge >= 0.3 is 0 Å². The molecule has 4 heteroatoms. The number of likely N-dealkylation sites (tertiary alicyclic amines) is 1. The summed E-state index contributed by atoms with van der Waals surface area (Å²) < 4.78 is 24.6. The highest BCUT2D eigenvalue weighted by Gasteiger charge is 2.44. The summed E-state index contributed by atoms with van der Waals surface area (Å²) in [6.45, 7) is 4.55. The van der Waals surface area contributed by atoms with Crippen LogP contribution in [0.15, 0.2) is 0 Å². The molecule has 0 aliphatic carbocycles. The number of β-amino-alcohol motifs (C(OH)–C–C–N with tert-alkyl or cyclic N) is 1. The predicted molar refractivity (Wildman–Crippen MR) is 42.3 cm³/mol. The van der Waals surface area contributed by atoms with Crippen LogP contribution in [0.5, 0.6) is 0 Å². The third kappa shape index (κ3) is 1.75. The highest BCUT2D eigenvalue weighted by atomic mass is 19.3. The number of nitrogens with zero attached hydrogens (tertiary/aromatic N) is 1. The van der Waals surface area contributed by atoms with Gasteiger partial charge in [0.1, 0.15) is 5.60 Å². The van der Waals surface area contributed by atoms with Crippen LogP contribution in [0.4, 0.5) is 8.78 Å². The van der Waals surface area contributed by atoms with Crippen molar-refractivity contribution in [2.24, 2.45) is 0 Å². The monoisotopic (exact) mass is 179 g/mol. The van der Waals surface area contributed by atoms with Gasteiger partial charge in [-0.2, -0.15) is 0 Å². The number of hydrogen-bond donors (Lipinski definition) is 1. The molecular formula is C8H15F2NO. The quantitative estimate of drug-likeness (QED) is 0.686. The Morgan fingerprint density at radius 2 is 2.00 bits per heavy atom. The first-order valence-electron chi connectivity index (χ1n) is 4.20.